The second-order valence-electron chi connectivity index (χ2n) is 6.19. The Bertz CT molecular complexity index is 1100. The largest absolute Gasteiger partial charge is 0.365 e. The average molecular weight is 343 g/mol. The molecule has 0 saturated carbocycles. The summed E-state index contributed by atoms with van der Waals surface area (Å²) in [6.45, 7) is 0. The highest BCUT2D eigenvalue weighted by atomic mass is 16.2. The van der Waals surface area contributed by atoms with Crippen molar-refractivity contribution >= 4 is 16.8 Å². The number of aromatic nitrogens is 2. The van der Waals surface area contributed by atoms with Gasteiger partial charge in [0.15, 0.2) is 0 Å². The van der Waals surface area contributed by atoms with Crippen LogP contribution in [0.5, 0.6) is 0 Å². The van der Waals surface area contributed by atoms with Gasteiger partial charge in [-0.25, -0.2) is 0 Å². The van der Waals surface area contributed by atoms with Gasteiger partial charge in [-0.3, -0.25) is 14.6 Å². The van der Waals surface area contributed by atoms with Crippen LogP contribution >= 0.6 is 0 Å². The van der Waals surface area contributed by atoms with Crippen LogP contribution in [0.25, 0.3) is 22.0 Å². The van der Waals surface area contributed by atoms with E-state index < -0.39 is 5.91 Å². The van der Waals surface area contributed by atoms with Crippen molar-refractivity contribution in [1.29, 1.82) is 0 Å². The molecule has 0 fully saturated rings. The van der Waals surface area contributed by atoms with E-state index in [1.807, 2.05) is 41.0 Å². The highest BCUT2D eigenvalue weighted by Crippen LogP contribution is 2.26. The minimum Gasteiger partial charge on any atom is -0.365 e. The maximum Gasteiger partial charge on any atom is 0.254 e. The standard InChI is InChI=1S/C21H17N3O2/c22-21(26)18-13-24(16-4-2-1-3-5-16)19-12-15(6-7-17(19)20(18)25)14-8-10-23-11-9-14/h2-13,16H,1H2,(H2,22,26). The number of benzene rings is 1. The van der Waals surface area contributed by atoms with Crippen molar-refractivity contribution in [3.05, 3.63) is 89.0 Å². The van der Waals surface area contributed by atoms with Gasteiger partial charge in [0.1, 0.15) is 5.56 Å². The Morgan fingerprint density at radius 2 is 1.81 bits per heavy atom. The molecular weight excluding hydrogens is 326 g/mol. The number of rotatable bonds is 3. The van der Waals surface area contributed by atoms with Gasteiger partial charge in [0.05, 0.1) is 11.6 Å². The molecule has 5 heteroatoms. The van der Waals surface area contributed by atoms with E-state index in [9.17, 15) is 9.59 Å². The molecule has 1 aromatic carbocycles. The van der Waals surface area contributed by atoms with Crippen molar-refractivity contribution in [2.24, 2.45) is 5.73 Å². The summed E-state index contributed by atoms with van der Waals surface area (Å²) in [6.07, 6.45) is 14.1. The van der Waals surface area contributed by atoms with Gasteiger partial charge in [-0.1, -0.05) is 30.4 Å². The fraction of sp³-hybridized carbons (Fsp3) is 0.0952. The third-order valence-corrected chi connectivity index (χ3v) is 4.57. The zero-order chi connectivity index (χ0) is 18.1. The Hall–Kier alpha value is -3.47. The third kappa shape index (κ3) is 2.73. The Morgan fingerprint density at radius 1 is 1.08 bits per heavy atom. The van der Waals surface area contributed by atoms with Crippen LogP contribution in [0.15, 0.2) is 78.0 Å². The summed E-state index contributed by atoms with van der Waals surface area (Å²) in [5.41, 5.74) is 7.84. The molecule has 0 spiro atoms. The average Bonchev–Trinajstić information content (AvgIpc) is 2.69. The Morgan fingerprint density at radius 3 is 2.50 bits per heavy atom. The molecule has 0 unspecified atom stereocenters. The molecule has 2 heterocycles. The summed E-state index contributed by atoms with van der Waals surface area (Å²) in [5, 5.41) is 0.478. The van der Waals surface area contributed by atoms with Gasteiger partial charge in [-0.15, -0.1) is 0 Å². The van der Waals surface area contributed by atoms with E-state index >= 15 is 0 Å². The maximum atomic E-state index is 12.7. The molecule has 0 aliphatic heterocycles. The Balaban J connectivity index is 2.02. The van der Waals surface area contributed by atoms with Gasteiger partial charge in [0.2, 0.25) is 5.43 Å². The molecular formula is C21H17N3O2. The van der Waals surface area contributed by atoms with Crippen LogP contribution in [0.3, 0.4) is 0 Å². The molecule has 0 bridgehead atoms. The summed E-state index contributed by atoms with van der Waals surface area (Å²) in [7, 11) is 0. The van der Waals surface area contributed by atoms with Crippen molar-refractivity contribution in [3.8, 4) is 11.1 Å². The van der Waals surface area contributed by atoms with Crippen molar-refractivity contribution in [2.45, 2.75) is 12.5 Å². The van der Waals surface area contributed by atoms with Gasteiger partial charge in [-0.2, -0.15) is 0 Å². The second-order valence-corrected chi connectivity index (χ2v) is 6.19. The van der Waals surface area contributed by atoms with Crippen LogP contribution in [0.4, 0.5) is 0 Å². The minimum atomic E-state index is -0.715. The van der Waals surface area contributed by atoms with Gasteiger partial charge in [-0.05, 0) is 41.8 Å². The first-order valence-electron chi connectivity index (χ1n) is 8.37. The number of primary amides is 1. The van der Waals surface area contributed by atoms with E-state index in [4.69, 9.17) is 5.73 Å². The number of hydrogen-bond acceptors (Lipinski definition) is 3. The van der Waals surface area contributed by atoms with Crippen molar-refractivity contribution in [1.82, 2.24) is 9.55 Å². The van der Waals surface area contributed by atoms with Crippen LogP contribution in [-0.4, -0.2) is 15.5 Å². The highest BCUT2D eigenvalue weighted by molar-refractivity contribution is 5.97. The quantitative estimate of drug-likeness (QED) is 0.742. The number of pyridine rings is 2. The first kappa shape index (κ1) is 16.0. The minimum absolute atomic E-state index is 0.00142. The maximum absolute atomic E-state index is 12.7. The van der Waals surface area contributed by atoms with E-state index in [1.165, 1.54) is 0 Å². The summed E-state index contributed by atoms with van der Waals surface area (Å²) in [6, 6.07) is 9.36. The number of carbonyl (C=O) groups is 1. The van der Waals surface area contributed by atoms with Crippen molar-refractivity contribution in [2.75, 3.05) is 0 Å². The first-order valence-corrected chi connectivity index (χ1v) is 8.37. The fourth-order valence-corrected chi connectivity index (χ4v) is 3.26. The number of nitrogens with two attached hydrogens (primary N) is 1. The molecule has 0 radical (unpaired) electrons. The van der Waals surface area contributed by atoms with Crippen molar-refractivity contribution < 1.29 is 4.79 Å². The number of amides is 1. The summed E-state index contributed by atoms with van der Waals surface area (Å²) < 4.78 is 1.92. The molecule has 26 heavy (non-hydrogen) atoms. The number of carbonyl (C=O) groups excluding carboxylic acids is 1. The number of allylic oxidation sites excluding steroid dienone is 4. The summed E-state index contributed by atoms with van der Waals surface area (Å²) in [4.78, 5) is 28.5. The van der Waals surface area contributed by atoms with E-state index in [0.29, 0.717) is 5.39 Å². The van der Waals surface area contributed by atoms with E-state index in [-0.39, 0.29) is 17.0 Å². The molecule has 0 atom stereocenters. The zero-order valence-electron chi connectivity index (χ0n) is 14.0. The van der Waals surface area contributed by atoms with Gasteiger partial charge >= 0.3 is 0 Å². The van der Waals surface area contributed by atoms with Crippen LogP contribution in [0, 0.1) is 0 Å². The molecule has 4 rings (SSSR count). The molecule has 3 aromatic rings. The second kappa shape index (κ2) is 6.44. The molecule has 5 nitrogen and oxygen atoms in total. The van der Waals surface area contributed by atoms with E-state index in [0.717, 1.165) is 23.1 Å². The lowest BCUT2D eigenvalue weighted by molar-refractivity contribution is 0.0998. The third-order valence-electron chi connectivity index (χ3n) is 4.57. The SMILES string of the molecule is NC(=O)c1cn(C2C=CCC=C2)c2cc(-c3ccncc3)ccc2c1=O. The Labute approximate surface area is 150 Å². The molecule has 1 aliphatic carbocycles. The summed E-state index contributed by atoms with van der Waals surface area (Å²) >= 11 is 0. The van der Waals surface area contributed by atoms with Gasteiger partial charge in [0.25, 0.3) is 5.91 Å². The number of fused-ring (bicyclic) bond motifs is 1. The molecule has 2 N–H and O–H groups in total. The van der Waals surface area contributed by atoms with Gasteiger partial charge in [0, 0.05) is 24.0 Å². The molecule has 128 valence electrons. The Kier molecular flexibility index (Phi) is 3.97. The molecule has 0 saturated heterocycles. The van der Waals surface area contributed by atoms with E-state index in [1.54, 1.807) is 24.7 Å². The van der Waals surface area contributed by atoms with Crippen LogP contribution in [0.2, 0.25) is 0 Å². The monoisotopic (exact) mass is 343 g/mol. The number of hydrogen-bond donors (Lipinski definition) is 1. The predicted octanol–water partition coefficient (Wildman–Crippen LogP) is 3.22. The van der Waals surface area contributed by atoms with Gasteiger partial charge < -0.3 is 10.3 Å². The molecule has 1 amide bonds. The fourth-order valence-electron chi connectivity index (χ4n) is 3.26. The van der Waals surface area contributed by atoms with Crippen LogP contribution < -0.4 is 11.2 Å². The lowest BCUT2D eigenvalue weighted by atomic mass is 10.0. The topological polar surface area (TPSA) is 78.0 Å². The lowest BCUT2D eigenvalue weighted by Gasteiger charge is -2.20. The van der Waals surface area contributed by atoms with Crippen molar-refractivity contribution in [3.63, 3.8) is 0 Å². The first-order chi connectivity index (χ1) is 12.6. The molecule has 2 aromatic heterocycles. The molecule has 1 aliphatic rings. The lowest BCUT2D eigenvalue weighted by Crippen LogP contribution is -2.25. The number of nitrogens with zero attached hydrogens (tertiary/aromatic N) is 2. The predicted molar refractivity (Wildman–Crippen MR) is 102 cm³/mol. The normalized spacial score (nSPS) is 14.0. The van der Waals surface area contributed by atoms with E-state index in [2.05, 4.69) is 17.1 Å². The zero-order valence-corrected chi connectivity index (χ0v) is 14.0. The van der Waals surface area contributed by atoms with Crippen LogP contribution in [-0.2, 0) is 0 Å². The summed E-state index contributed by atoms with van der Waals surface area (Å²) in [5.74, 6) is -0.715. The van der Waals surface area contributed by atoms with Crippen LogP contribution in [0.1, 0.15) is 22.8 Å². The highest BCUT2D eigenvalue weighted by Gasteiger charge is 2.17. The smallest absolute Gasteiger partial charge is 0.254 e.